The second kappa shape index (κ2) is 9.17. The molecule has 0 saturated carbocycles. The molecule has 1 amide bonds. The quantitative estimate of drug-likeness (QED) is 0.772. The fourth-order valence-corrected chi connectivity index (χ4v) is 3.36. The molecule has 156 valence electrons. The maximum atomic E-state index is 13.0. The van der Waals surface area contributed by atoms with Crippen molar-refractivity contribution < 1.29 is 13.9 Å². The van der Waals surface area contributed by atoms with Gasteiger partial charge in [0.15, 0.2) is 6.10 Å². The number of nitrogen functional groups attached to an aromatic ring is 1. The van der Waals surface area contributed by atoms with Crippen molar-refractivity contribution >= 4 is 11.6 Å². The highest BCUT2D eigenvalue weighted by atomic mass is 19.1. The number of ether oxygens (including phenoxy) is 1. The zero-order valence-corrected chi connectivity index (χ0v) is 17.1. The number of nitrogens with zero attached hydrogens (tertiary/aromatic N) is 3. The predicted octanol–water partition coefficient (Wildman–Crippen LogP) is 2.36. The first-order chi connectivity index (χ1) is 13.8. The highest BCUT2D eigenvalue weighted by molar-refractivity contribution is 5.80. The van der Waals surface area contributed by atoms with Gasteiger partial charge < -0.3 is 15.8 Å². The van der Waals surface area contributed by atoms with Crippen LogP contribution in [0.5, 0.6) is 6.01 Å². The van der Waals surface area contributed by atoms with Crippen LogP contribution in [0.2, 0.25) is 0 Å². The Labute approximate surface area is 170 Å². The van der Waals surface area contributed by atoms with Crippen LogP contribution in [0.3, 0.4) is 0 Å². The molecule has 0 bridgehead atoms. The van der Waals surface area contributed by atoms with Gasteiger partial charge in [-0.05, 0) is 51.3 Å². The minimum Gasteiger partial charge on any atom is -0.450 e. The Morgan fingerprint density at radius 1 is 1.24 bits per heavy atom. The van der Waals surface area contributed by atoms with Crippen LogP contribution < -0.4 is 15.8 Å². The summed E-state index contributed by atoms with van der Waals surface area (Å²) in [5.74, 6) is -0.404. The van der Waals surface area contributed by atoms with Gasteiger partial charge in [-0.25, -0.2) is 4.39 Å². The third-order valence-corrected chi connectivity index (χ3v) is 5.21. The van der Waals surface area contributed by atoms with Crippen LogP contribution in [0, 0.1) is 19.7 Å². The molecular weight excluding hydrogens is 373 g/mol. The van der Waals surface area contributed by atoms with Gasteiger partial charge in [0.2, 0.25) is 0 Å². The van der Waals surface area contributed by atoms with Crippen molar-refractivity contribution in [2.24, 2.45) is 0 Å². The summed E-state index contributed by atoms with van der Waals surface area (Å²) in [6, 6.07) is 6.85. The number of nitrogens with two attached hydrogens (primary N) is 1. The van der Waals surface area contributed by atoms with Gasteiger partial charge in [0.05, 0.1) is 17.1 Å². The normalized spacial score (nSPS) is 16.4. The fourth-order valence-electron chi connectivity index (χ4n) is 3.36. The van der Waals surface area contributed by atoms with E-state index in [0.29, 0.717) is 17.1 Å². The Hall–Kier alpha value is -2.74. The molecule has 1 aliphatic rings. The number of carbonyl (C=O) groups excluding carboxylic acids is 1. The van der Waals surface area contributed by atoms with Gasteiger partial charge in [-0.3, -0.25) is 9.69 Å². The number of amides is 1. The van der Waals surface area contributed by atoms with E-state index in [4.69, 9.17) is 10.5 Å². The molecule has 1 fully saturated rings. The van der Waals surface area contributed by atoms with Crippen molar-refractivity contribution in [1.82, 2.24) is 20.2 Å². The molecule has 1 aliphatic heterocycles. The van der Waals surface area contributed by atoms with E-state index in [2.05, 4.69) is 20.2 Å². The Balaban J connectivity index is 1.46. The third-order valence-electron chi connectivity index (χ3n) is 5.21. The minimum atomic E-state index is -0.699. The molecule has 3 N–H and O–H groups in total. The molecule has 7 nitrogen and oxygen atoms in total. The number of anilines is 1. The third kappa shape index (κ3) is 5.63. The standard InChI is InChI=1S/C21H28FN5O2/c1-13-19(23)14(2)25-21(24-13)29-15(3)20(28)26-18-8-10-27(11-9-18)12-16-4-6-17(22)7-5-16/h4-7,15,18H,8-12,23H2,1-3H3,(H,26,28). The van der Waals surface area contributed by atoms with E-state index < -0.39 is 6.10 Å². The number of carbonyl (C=O) groups is 1. The fraction of sp³-hybridized carbons (Fsp3) is 0.476. The molecule has 8 heteroatoms. The zero-order valence-electron chi connectivity index (χ0n) is 17.1. The average Bonchev–Trinajstić information content (AvgIpc) is 2.69. The highest BCUT2D eigenvalue weighted by Gasteiger charge is 2.24. The van der Waals surface area contributed by atoms with E-state index in [9.17, 15) is 9.18 Å². The summed E-state index contributed by atoms with van der Waals surface area (Å²) >= 11 is 0. The second-order valence-corrected chi connectivity index (χ2v) is 7.54. The number of nitrogens with one attached hydrogen (secondary N) is 1. The lowest BCUT2D eigenvalue weighted by Gasteiger charge is -2.32. The minimum absolute atomic E-state index is 0.105. The second-order valence-electron chi connectivity index (χ2n) is 7.54. The molecule has 1 unspecified atom stereocenters. The van der Waals surface area contributed by atoms with E-state index in [1.165, 1.54) is 12.1 Å². The van der Waals surface area contributed by atoms with Crippen LogP contribution in [0.4, 0.5) is 10.1 Å². The Kier molecular flexibility index (Phi) is 6.64. The van der Waals surface area contributed by atoms with Gasteiger partial charge in [-0.2, -0.15) is 9.97 Å². The first kappa shape index (κ1) is 21.0. The average molecular weight is 401 g/mol. The molecule has 0 aliphatic carbocycles. The van der Waals surface area contributed by atoms with Gasteiger partial charge >= 0.3 is 6.01 Å². The van der Waals surface area contributed by atoms with Crippen molar-refractivity contribution in [3.05, 3.63) is 47.0 Å². The van der Waals surface area contributed by atoms with Crippen LogP contribution >= 0.6 is 0 Å². The Morgan fingerprint density at radius 3 is 2.41 bits per heavy atom. The largest absolute Gasteiger partial charge is 0.450 e. The van der Waals surface area contributed by atoms with Crippen LogP contribution in [0.15, 0.2) is 24.3 Å². The maximum Gasteiger partial charge on any atom is 0.317 e. The summed E-state index contributed by atoms with van der Waals surface area (Å²) in [6.45, 7) is 7.77. The molecule has 2 aromatic rings. The van der Waals surface area contributed by atoms with Crippen molar-refractivity contribution in [2.45, 2.75) is 52.3 Å². The summed E-state index contributed by atoms with van der Waals surface area (Å²) in [5.41, 5.74) is 8.73. The van der Waals surface area contributed by atoms with Crippen LogP contribution in [0.1, 0.15) is 36.7 Å². The zero-order chi connectivity index (χ0) is 21.0. The van der Waals surface area contributed by atoms with Crippen LogP contribution in [0.25, 0.3) is 0 Å². The number of aryl methyl sites for hydroxylation is 2. The molecule has 29 heavy (non-hydrogen) atoms. The first-order valence-corrected chi connectivity index (χ1v) is 9.86. The molecule has 0 radical (unpaired) electrons. The molecule has 1 aromatic carbocycles. The number of aromatic nitrogens is 2. The van der Waals surface area contributed by atoms with Crippen molar-refractivity contribution in [2.75, 3.05) is 18.8 Å². The number of hydrogen-bond donors (Lipinski definition) is 2. The molecule has 1 saturated heterocycles. The summed E-state index contributed by atoms with van der Waals surface area (Å²) in [6.07, 6.45) is 1.02. The Morgan fingerprint density at radius 2 is 1.83 bits per heavy atom. The molecule has 0 spiro atoms. The van der Waals surface area contributed by atoms with Gasteiger partial charge in [-0.1, -0.05) is 12.1 Å². The molecule has 1 atom stereocenters. The number of rotatable bonds is 6. The topological polar surface area (TPSA) is 93.4 Å². The summed E-state index contributed by atoms with van der Waals surface area (Å²) in [5, 5.41) is 3.05. The predicted molar refractivity (Wildman–Crippen MR) is 109 cm³/mol. The summed E-state index contributed by atoms with van der Waals surface area (Å²) in [7, 11) is 0. The SMILES string of the molecule is Cc1nc(OC(C)C(=O)NC2CCN(Cc3ccc(F)cc3)CC2)nc(C)c1N. The maximum absolute atomic E-state index is 13.0. The molecular formula is C21H28FN5O2. The van der Waals surface area contributed by atoms with E-state index in [1.54, 1.807) is 20.8 Å². The highest BCUT2D eigenvalue weighted by Crippen LogP contribution is 2.17. The van der Waals surface area contributed by atoms with Gasteiger partial charge in [-0.15, -0.1) is 0 Å². The number of benzene rings is 1. The van der Waals surface area contributed by atoms with Crippen molar-refractivity contribution in [1.29, 1.82) is 0 Å². The van der Waals surface area contributed by atoms with Crippen LogP contribution in [-0.2, 0) is 11.3 Å². The molecule has 2 heterocycles. The summed E-state index contributed by atoms with van der Waals surface area (Å²) < 4.78 is 18.6. The molecule has 3 rings (SSSR count). The van der Waals surface area contributed by atoms with Gasteiger partial charge in [0.25, 0.3) is 5.91 Å². The van der Waals surface area contributed by atoms with Crippen LogP contribution in [-0.4, -0.2) is 46.0 Å². The van der Waals surface area contributed by atoms with Gasteiger partial charge in [0, 0.05) is 25.7 Å². The lowest BCUT2D eigenvalue weighted by molar-refractivity contribution is -0.128. The van der Waals surface area contributed by atoms with E-state index >= 15 is 0 Å². The lowest BCUT2D eigenvalue weighted by Crippen LogP contribution is -2.48. The molecule has 1 aromatic heterocycles. The van der Waals surface area contributed by atoms with E-state index in [0.717, 1.165) is 38.0 Å². The number of likely N-dealkylation sites (tertiary alicyclic amines) is 1. The lowest BCUT2D eigenvalue weighted by atomic mass is 10.0. The smallest absolute Gasteiger partial charge is 0.317 e. The number of halogens is 1. The van der Waals surface area contributed by atoms with Gasteiger partial charge in [0.1, 0.15) is 5.82 Å². The first-order valence-electron chi connectivity index (χ1n) is 9.86. The van der Waals surface area contributed by atoms with Crippen molar-refractivity contribution in [3.63, 3.8) is 0 Å². The summed E-state index contributed by atoms with van der Waals surface area (Å²) in [4.78, 5) is 23.2. The van der Waals surface area contributed by atoms with Crippen molar-refractivity contribution in [3.8, 4) is 6.01 Å². The van der Waals surface area contributed by atoms with E-state index in [-0.39, 0.29) is 23.8 Å². The monoisotopic (exact) mass is 401 g/mol. The Bertz CT molecular complexity index is 828. The van der Waals surface area contributed by atoms with E-state index in [1.807, 2.05) is 12.1 Å². The number of hydrogen-bond acceptors (Lipinski definition) is 6. The number of piperidine rings is 1.